The Morgan fingerprint density at radius 3 is 2.56 bits per heavy atom. The summed E-state index contributed by atoms with van der Waals surface area (Å²) < 4.78 is 26.4. The van der Waals surface area contributed by atoms with Gasteiger partial charge in [-0.15, -0.1) is 0 Å². The van der Waals surface area contributed by atoms with Crippen LogP contribution >= 0.6 is 0 Å². The van der Waals surface area contributed by atoms with Crippen LogP contribution in [0.4, 0.5) is 0 Å². The Morgan fingerprint density at radius 1 is 1.39 bits per heavy atom. The summed E-state index contributed by atoms with van der Waals surface area (Å²) in [5.41, 5.74) is 1.06. The summed E-state index contributed by atoms with van der Waals surface area (Å²) in [5, 5.41) is 8.87. The zero-order valence-electron chi connectivity index (χ0n) is 10.5. The van der Waals surface area contributed by atoms with Gasteiger partial charge in [-0.2, -0.15) is 9.57 Å². The first kappa shape index (κ1) is 13.1. The third kappa shape index (κ3) is 2.14. The number of sulfonamides is 1. The molecular formula is C13H16N2O2S. The summed E-state index contributed by atoms with van der Waals surface area (Å²) in [6, 6.07) is 6.87. The molecule has 0 bridgehead atoms. The molecule has 0 spiro atoms. The Kier molecular flexibility index (Phi) is 3.42. The molecule has 0 N–H and O–H groups in total. The molecule has 4 nitrogen and oxygen atoms in total. The summed E-state index contributed by atoms with van der Waals surface area (Å²) in [7, 11) is -1.86. The fourth-order valence-electron chi connectivity index (χ4n) is 2.05. The lowest BCUT2D eigenvalue weighted by atomic mass is 9.94. The Labute approximate surface area is 108 Å². The Morgan fingerprint density at radius 2 is 2.06 bits per heavy atom. The van der Waals surface area contributed by atoms with Crippen LogP contribution in [-0.2, 0) is 10.0 Å². The Balaban J connectivity index is 2.43. The van der Waals surface area contributed by atoms with Crippen LogP contribution in [0.3, 0.4) is 0 Å². The number of hydrogen-bond acceptors (Lipinski definition) is 3. The molecule has 0 unspecified atom stereocenters. The number of aryl methyl sites for hydroxylation is 1. The second-order valence-corrected chi connectivity index (χ2v) is 6.66. The van der Waals surface area contributed by atoms with Crippen molar-refractivity contribution in [1.29, 1.82) is 5.26 Å². The zero-order valence-corrected chi connectivity index (χ0v) is 11.4. The average molecular weight is 264 g/mol. The van der Waals surface area contributed by atoms with Crippen molar-refractivity contribution in [3.8, 4) is 6.07 Å². The fourth-order valence-corrected chi connectivity index (χ4v) is 3.71. The van der Waals surface area contributed by atoms with Crippen LogP contribution in [-0.4, -0.2) is 25.8 Å². The highest BCUT2D eigenvalue weighted by Gasteiger charge is 2.32. The highest BCUT2D eigenvalue weighted by molar-refractivity contribution is 7.89. The van der Waals surface area contributed by atoms with Crippen LogP contribution in [0.25, 0.3) is 0 Å². The van der Waals surface area contributed by atoms with Crippen LogP contribution in [0.2, 0.25) is 0 Å². The van der Waals surface area contributed by atoms with Crippen molar-refractivity contribution >= 4 is 10.0 Å². The highest BCUT2D eigenvalue weighted by Crippen LogP contribution is 2.29. The molecule has 1 aromatic rings. The minimum Gasteiger partial charge on any atom is -0.207 e. The second kappa shape index (κ2) is 4.71. The van der Waals surface area contributed by atoms with E-state index in [0.717, 1.165) is 19.3 Å². The third-order valence-electron chi connectivity index (χ3n) is 3.56. The highest BCUT2D eigenvalue weighted by atomic mass is 32.2. The molecule has 1 aliphatic carbocycles. The quantitative estimate of drug-likeness (QED) is 0.839. The lowest BCUT2D eigenvalue weighted by Crippen LogP contribution is -2.41. The number of nitrogens with zero attached hydrogens (tertiary/aromatic N) is 2. The normalized spacial score (nSPS) is 16.3. The van der Waals surface area contributed by atoms with Gasteiger partial charge in [0.2, 0.25) is 10.0 Å². The van der Waals surface area contributed by atoms with E-state index in [0.29, 0.717) is 11.1 Å². The van der Waals surface area contributed by atoms with Gasteiger partial charge in [0.15, 0.2) is 0 Å². The first-order valence-electron chi connectivity index (χ1n) is 5.95. The van der Waals surface area contributed by atoms with Gasteiger partial charge < -0.3 is 0 Å². The molecule has 0 aromatic heterocycles. The maximum atomic E-state index is 12.5. The molecular weight excluding hydrogens is 248 g/mol. The van der Waals surface area contributed by atoms with Gasteiger partial charge in [-0.05, 0) is 37.5 Å². The van der Waals surface area contributed by atoms with E-state index in [1.807, 2.05) is 6.07 Å². The molecule has 1 aromatic carbocycles. The SMILES string of the molecule is Cc1ccc(C#N)cc1S(=O)(=O)N(C)C1CCC1. The molecule has 0 heterocycles. The van der Waals surface area contributed by atoms with Crippen LogP contribution in [0.15, 0.2) is 23.1 Å². The smallest absolute Gasteiger partial charge is 0.207 e. The lowest BCUT2D eigenvalue weighted by molar-refractivity contribution is 0.249. The van der Waals surface area contributed by atoms with Crippen molar-refractivity contribution in [3.05, 3.63) is 29.3 Å². The molecule has 0 saturated heterocycles. The first-order valence-corrected chi connectivity index (χ1v) is 7.39. The van der Waals surface area contributed by atoms with E-state index in [9.17, 15) is 8.42 Å². The van der Waals surface area contributed by atoms with Gasteiger partial charge in [-0.1, -0.05) is 12.5 Å². The van der Waals surface area contributed by atoms with Gasteiger partial charge in [-0.25, -0.2) is 8.42 Å². The van der Waals surface area contributed by atoms with Crippen molar-refractivity contribution < 1.29 is 8.42 Å². The topological polar surface area (TPSA) is 61.2 Å². The standard InChI is InChI=1S/C13H16N2O2S/c1-10-6-7-11(9-14)8-13(10)18(16,17)15(2)12-4-3-5-12/h6-8,12H,3-5H2,1-2H3. The van der Waals surface area contributed by atoms with Gasteiger partial charge in [0.25, 0.3) is 0 Å². The van der Waals surface area contributed by atoms with Crippen LogP contribution in [0.1, 0.15) is 30.4 Å². The van der Waals surface area contributed by atoms with E-state index in [4.69, 9.17) is 5.26 Å². The van der Waals surface area contributed by atoms with Gasteiger partial charge in [0.1, 0.15) is 0 Å². The maximum Gasteiger partial charge on any atom is 0.243 e. The minimum absolute atomic E-state index is 0.111. The summed E-state index contributed by atoms with van der Waals surface area (Å²) in [6.07, 6.45) is 2.93. The predicted octanol–water partition coefficient (Wildman–Crippen LogP) is 2.04. The monoisotopic (exact) mass is 264 g/mol. The van der Waals surface area contributed by atoms with E-state index in [1.165, 1.54) is 10.4 Å². The molecule has 96 valence electrons. The van der Waals surface area contributed by atoms with Gasteiger partial charge >= 0.3 is 0 Å². The van der Waals surface area contributed by atoms with Crippen molar-refractivity contribution in [2.75, 3.05) is 7.05 Å². The molecule has 0 radical (unpaired) electrons. The van der Waals surface area contributed by atoms with Gasteiger partial charge in [-0.3, -0.25) is 0 Å². The number of rotatable bonds is 3. The zero-order chi connectivity index (χ0) is 13.3. The molecule has 18 heavy (non-hydrogen) atoms. The summed E-state index contributed by atoms with van der Waals surface area (Å²) in [5.74, 6) is 0. The molecule has 0 atom stereocenters. The Bertz CT molecular complexity index is 598. The lowest BCUT2D eigenvalue weighted by Gasteiger charge is -2.34. The Hall–Kier alpha value is -1.38. The second-order valence-electron chi connectivity index (χ2n) is 4.70. The molecule has 0 amide bonds. The first-order chi connectivity index (χ1) is 8.46. The third-order valence-corrected chi connectivity index (χ3v) is 5.62. The largest absolute Gasteiger partial charge is 0.243 e. The summed E-state index contributed by atoms with van der Waals surface area (Å²) >= 11 is 0. The molecule has 1 fully saturated rings. The molecule has 2 rings (SSSR count). The van der Waals surface area contributed by atoms with E-state index < -0.39 is 10.0 Å². The minimum atomic E-state index is -3.48. The van der Waals surface area contributed by atoms with Crippen molar-refractivity contribution in [2.45, 2.75) is 37.1 Å². The van der Waals surface area contributed by atoms with Crippen molar-refractivity contribution in [1.82, 2.24) is 4.31 Å². The number of nitriles is 1. The number of benzene rings is 1. The van der Waals surface area contributed by atoms with E-state index in [-0.39, 0.29) is 10.9 Å². The maximum absolute atomic E-state index is 12.5. The van der Waals surface area contributed by atoms with Crippen LogP contribution in [0.5, 0.6) is 0 Å². The average Bonchev–Trinajstić information content (AvgIpc) is 2.27. The van der Waals surface area contributed by atoms with Crippen LogP contribution in [0, 0.1) is 18.3 Å². The molecule has 5 heteroatoms. The van der Waals surface area contributed by atoms with Crippen molar-refractivity contribution in [2.24, 2.45) is 0 Å². The molecule has 1 aliphatic rings. The number of hydrogen-bond donors (Lipinski definition) is 0. The molecule has 1 saturated carbocycles. The van der Waals surface area contributed by atoms with Gasteiger partial charge in [0, 0.05) is 13.1 Å². The van der Waals surface area contributed by atoms with Gasteiger partial charge in [0.05, 0.1) is 16.5 Å². The van der Waals surface area contributed by atoms with Crippen molar-refractivity contribution in [3.63, 3.8) is 0 Å². The molecule has 0 aliphatic heterocycles. The van der Waals surface area contributed by atoms with E-state index in [2.05, 4.69) is 0 Å². The van der Waals surface area contributed by atoms with Crippen LogP contribution < -0.4 is 0 Å². The summed E-state index contributed by atoms with van der Waals surface area (Å²) in [6.45, 7) is 1.75. The summed E-state index contributed by atoms with van der Waals surface area (Å²) in [4.78, 5) is 0.246. The predicted molar refractivity (Wildman–Crippen MR) is 68.5 cm³/mol. The van der Waals surface area contributed by atoms with E-state index >= 15 is 0 Å². The fraction of sp³-hybridized carbons (Fsp3) is 0.462. The van der Waals surface area contributed by atoms with E-state index in [1.54, 1.807) is 26.1 Å².